The summed E-state index contributed by atoms with van der Waals surface area (Å²) in [5, 5.41) is 5.34. The predicted molar refractivity (Wildman–Crippen MR) is 113 cm³/mol. The van der Waals surface area contributed by atoms with Crippen molar-refractivity contribution in [1.29, 1.82) is 0 Å². The lowest BCUT2D eigenvalue weighted by Gasteiger charge is -2.07. The van der Waals surface area contributed by atoms with Gasteiger partial charge in [0.15, 0.2) is 0 Å². The summed E-state index contributed by atoms with van der Waals surface area (Å²) in [4.78, 5) is 35.8. The molecule has 3 amide bonds. The molecule has 1 heterocycles. The van der Waals surface area contributed by atoms with E-state index >= 15 is 0 Å². The molecular formula is C21H25N5O3. The Labute approximate surface area is 168 Å². The van der Waals surface area contributed by atoms with E-state index in [0.717, 1.165) is 23.0 Å². The third-order valence-corrected chi connectivity index (χ3v) is 4.65. The number of fused-ring (bicyclic) bond motifs is 1. The molecule has 8 heteroatoms. The summed E-state index contributed by atoms with van der Waals surface area (Å²) >= 11 is 0. The largest absolute Gasteiger partial charge is 0.352 e. The molecule has 152 valence electrons. The maximum absolute atomic E-state index is 12.7. The highest BCUT2D eigenvalue weighted by Gasteiger charge is 2.13. The molecule has 0 aliphatic heterocycles. The van der Waals surface area contributed by atoms with E-state index in [1.54, 1.807) is 33.4 Å². The number of imidazole rings is 1. The van der Waals surface area contributed by atoms with Crippen molar-refractivity contribution >= 4 is 28.7 Å². The van der Waals surface area contributed by atoms with Crippen molar-refractivity contribution in [3.05, 3.63) is 64.6 Å². The molecule has 0 spiro atoms. The first kappa shape index (κ1) is 20.2. The number of nitrogens with zero attached hydrogens (tertiary/aromatic N) is 2. The van der Waals surface area contributed by atoms with E-state index in [2.05, 4.69) is 10.6 Å². The highest BCUT2D eigenvalue weighted by Crippen LogP contribution is 2.14. The number of carbonyl (C=O) groups excluding carboxylic acids is 2. The monoisotopic (exact) mass is 395 g/mol. The number of nitrogens with one attached hydrogen (secondary N) is 2. The quantitative estimate of drug-likeness (QED) is 0.544. The number of primary amides is 1. The van der Waals surface area contributed by atoms with Crippen LogP contribution in [0.25, 0.3) is 11.0 Å². The number of urea groups is 1. The number of aryl methyl sites for hydroxylation is 2. The van der Waals surface area contributed by atoms with E-state index in [0.29, 0.717) is 25.3 Å². The standard InChI is InChI=1S/C21H25N5O3/c1-2-12-25-17-5-3-4-6-18(17)26(21(25)29)13-11-19(27)23-14-15-7-9-16(10-8-15)24-20(22)28/h3-10H,2,11-14H2,1H3,(H,23,27)(H3,22,24,28). The van der Waals surface area contributed by atoms with Crippen LogP contribution in [0, 0.1) is 0 Å². The van der Waals surface area contributed by atoms with Gasteiger partial charge in [-0.25, -0.2) is 9.59 Å². The summed E-state index contributed by atoms with van der Waals surface area (Å²) < 4.78 is 3.42. The maximum atomic E-state index is 12.7. The van der Waals surface area contributed by atoms with Gasteiger partial charge in [0.2, 0.25) is 5.91 Å². The van der Waals surface area contributed by atoms with Crippen molar-refractivity contribution in [2.24, 2.45) is 5.73 Å². The third-order valence-electron chi connectivity index (χ3n) is 4.65. The second kappa shape index (κ2) is 9.09. The van der Waals surface area contributed by atoms with Crippen LogP contribution in [0.3, 0.4) is 0 Å². The SMILES string of the molecule is CCCn1c(=O)n(CCC(=O)NCc2ccc(NC(N)=O)cc2)c2ccccc21. The number of anilines is 1. The predicted octanol–water partition coefficient (Wildman–Crippen LogP) is 2.41. The molecule has 0 atom stereocenters. The molecule has 0 aliphatic rings. The van der Waals surface area contributed by atoms with Gasteiger partial charge in [-0.15, -0.1) is 0 Å². The van der Waals surface area contributed by atoms with Crippen LogP contribution in [-0.4, -0.2) is 21.1 Å². The average Bonchev–Trinajstić information content (AvgIpc) is 2.97. The van der Waals surface area contributed by atoms with Crippen molar-refractivity contribution in [3.63, 3.8) is 0 Å². The zero-order valence-electron chi connectivity index (χ0n) is 16.4. The molecule has 2 aromatic carbocycles. The fraction of sp³-hybridized carbons (Fsp3) is 0.286. The van der Waals surface area contributed by atoms with Crippen LogP contribution in [0.4, 0.5) is 10.5 Å². The van der Waals surface area contributed by atoms with Gasteiger partial charge in [0.25, 0.3) is 0 Å². The number of carbonyl (C=O) groups is 2. The summed E-state index contributed by atoms with van der Waals surface area (Å²) in [6.07, 6.45) is 1.07. The summed E-state index contributed by atoms with van der Waals surface area (Å²) in [5.74, 6) is -0.136. The molecule has 8 nitrogen and oxygen atoms in total. The topological polar surface area (TPSA) is 111 Å². The lowest BCUT2D eigenvalue weighted by molar-refractivity contribution is -0.121. The van der Waals surface area contributed by atoms with Crippen LogP contribution in [0.2, 0.25) is 0 Å². The highest BCUT2D eigenvalue weighted by molar-refractivity contribution is 5.87. The molecule has 0 saturated heterocycles. The minimum absolute atomic E-state index is 0.0848. The lowest BCUT2D eigenvalue weighted by atomic mass is 10.2. The molecule has 3 rings (SSSR count). The van der Waals surface area contributed by atoms with Crippen LogP contribution in [0.1, 0.15) is 25.3 Å². The van der Waals surface area contributed by atoms with Gasteiger partial charge >= 0.3 is 11.7 Å². The molecular weight excluding hydrogens is 370 g/mol. The van der Waals surface area contributed by atoms with E-state index in [9.17, 15) is 14.4 Å². The van der Waals surface area contributed by atoms with Gasteiger partial charge in [-0.2, -0.15) is 0 Å². The minimum atomic E-state index is -0.624. The molecule has 3 aromatic rings. The van der Waals surface area contributed by atoms with Crippen LogP contribution in [-0.2, 0) is 24.4 Å². The summed E-state index contributed by atoms with van der Waals surface area (Å²) in [6, 6.07) is 14.1. The maximum Gasteiger partial charge on any atom is 0.329 e. The minimum Gasteiger partial charge on any atom is -0.352 e. The smallest absolute Gasteiger partial charge is 0.329 e. The summed E-state index contributed by atoms with van der Waals surface area (Å²) in [7, 11) is 0. The van der Waals surface area contributed by atoms with E-state index in [1.807, 2.05) is 31.2 Å². The first-order valence-electron chi connectivity index (χ1n) is 9.59. The van der Waals surface area contributed by atoms with Crippen LogP contribution in [0.5, 0.6) is 0 Å². The fourth-order valence-corrected chi connectivity index (χ4v) is 3.28. The molecule has 0 fully saturated rings. The van der Waals surface area contributed by atoms with Crippen LogP contribution in [0.15, 0.2) is 53.3 Å². The van der Waals surface area contributed by atoms with Crippen molar-refractivity contribution < 1.29 is 9.59 Å². The first-order valence-corrected chi connectivity index (χ1v) is 9.59. The molecule has 0 aliphatic carbocycles. The number of nitrogens with two attached hydrogens (primary N) is 1. The Kier molecular flexibility index (Phi) is 6.33. The van der Waals surface area contributed by atoms with E-state index in [4.69, 9.17) is 5.73 Å². The lowest BCUT2D eigenvalue weighted by Crippen LogP contribution is -2.28. The summed E-state index contributed by atoms with van der Waals surface area (Å²) in [5.41, 5.74) is 8.21. The van der Waals surface area contributed by atoms with Crippen molar-refractivity contribution in [2.45, 2.75) is 39.4 Å². The van der Waals surface area contributed by atoms with E-state index < -0.39 is 6.03 Å². The summed E-state index contributed by atoms with van der Waals surface area (Å²) in [6.45, 7) is 3.37. The molecule has 29 heavy (non-hydrogen) atoms. The van der Waals surface area contributed by atoms with Crippen molar-refractivity contribution in [1.82, 2.24) is 14.5 Å². The second-order valence-electron chi connectivity index (χ2n) is 6.79. The molecule has 1 aromatic heterocycles. The molecule has 4 N–H and O–H groups in total. The van der Waals surface area contributed by atoms with Gasteiger partial charge < -0.3 is 16.4 Å². The van der Waals surface area contributed by atoms with Crippen LogP contribution < -0.4 is 22.1 Å². The number of hydrogen-bond acceptors (Lipinski definition) is 3. The Morgan fingerprint density at radius 2 is 1.59 bits per heavy atom. The van der Waals surface area contributed by atoms with Gasteiger partial charge in [-0.1, -0.05) is 31.2 Å². The molecule has 0 bridgehead atoms. The molecule has 0 unspecified atom stereocenters. The Hall–Kier alpha value is -3.55. The third kappa shape index (κ3) is 4.84. The van der Waals surface area contributed by atoms with Gasteiger partial charge in [0.05, 0.1) is 11.0 Å². The van der Waals surface area contributed by atoms with Gasteiger partial charge in [0.1, 0.15) is 0 Å². The highest BCUT2D eigenvalue weighted by atomic mass is 16.2. The number of amides is 3. The number of rotatable bonds is 8. The number of benzene rings is 2. The number of para-hydroxylation sites is 2. The number of aromatic nitrogens is 2. The van der Waals surface area contributed by atoms with Crippen molar-refractivity contribution in [2.75, 3.05) is 5.32 Å². The normalized spacial score (nSPS) is 10.8. The van der Waals surface area contributed by atoms with E-state index in [-0.39, 0.29) is 18.0 Å². The van der Waals surface area contributed by atoms with Gasteiger partial charge in [0, 0.05) is 31.7 Å². The van der Waals surface area contributed by atoms with E-state index in [1.165, 1.54) is 0 Å². The zero-order chi connectivity index (χ0) is 20.8. The van der Waals surface area contributed by atoms with Crippen LogP contribution >= 0.6 is 0 Å². The molecule has 0 radical (unpaired) electrons. The first-order chi connectivity index (χ1) is 14.0. The fourth-order valence-electron chi connectivity index (χ4n) is 3.28. The van der Waals surface area contributed by atoms with Gasteiger partial charge in [-0.05, 0) is 36.2 Å². The number of hydrogen-bond donors (Lipinski definition) is 3. The second-order valence-corrected chi connectivity index (χ2v) is 6.79. The zero-order valence-corrected chi connectivity index (χ0v) is 16.4. The average molecular weight is 395 g/mol. The van der Waals surface area contributed by atoms with Crippen molar-refractivity contribution in [3.8, 4) is 0 Å². The Bertz CT molecular complexity index is 1070. The van der Waals surface area contributed by atoms with Gasteiger partial charge in [-0.3, -0.25) is 13.9 Å². The molecule has 0 saturated carbocycles. The Morgan fingerprint density at radius 1 is 0.966 bits per heavy atom. The Balaban J connectivity index is 1.60. The Morgan fingerprint density at radius 3 is 2.17 bits per heavy atom.